The first kappa shape index (κ1) is 12.1. The normalized spacial score (nSPS) is 10.4. The lowest BCUT2D eigenvalue weighted by atomic mass is 10.0. The van der Waals surface area contributed by atoms with Gasteiger partial charge in [-0.3, -0.25) is 0 Å². The van der Waals surface area contributed by atoms with Crippen LogP contribution in [0.5, 0.6) is 0 Å². The van der Waals surface area contributed by atoms with Crippen molar-refractivity contribution < 1.29 is 0 Å². The van der Waals surface area contributed by atoms with Crippen molar-refractivity contribution in [1.29, 1.82) is 0 Å². The smallest absolute Gasteiger partial charge is 0.0372 e. The highest BCUT2D eigenvalue weighted by molar-refractivity contribution is 5.55. The number of anilines is 1. The molecule has 1 aromatic carbocycles. The molecule has 3 N–H and O–H groups in total. The van der Waals surface area contributed by atoms with Gasteiger partial charge in [0.05, 0.1) is 0 Å². The molecule has 2 heteroatoms. The van der Waals surface area contributed by atoms with Gasteiger partial charge in [-0.25, -0.2) is 0 Å². The molecule has 0 fully saturated rings. The van der Waals surface area contributed by atoms with Gasteiger partial charge in [-0.15, -0.1) is 0 Å². The summed E-state index contributed by atoms with van der Waals surface area (Å²) in [5, 5.41) is 3.46. The molecule has 84 valence electrons. The van der Waals surface area contributed by atoms with E-state index in [1.54, 1.807) is 0 Å². The summed E-state index contributed by atoms with van der Waals surface area (Å²) >= 11 is 0. The fraction of sp³-hybridized carbons (Fsp3) is 0.538. The number of unbranched alkanes of at least 4 members (excludes halogenated alkanes) is 1. The Labute approximate surface area is 92.9 Å². The molecule has 0 saturated heterocycles. The number of aryl methyl sites for hydroxylation is 1. The Bertz CT molecular complexity index is 319. The van der Waals surface area contributed by atoms with Gasteiger partial charge in [0.25, 0.3) is 0 Å². The summed E-state index contributed by atoms with van der Waals surface area (Å²) in [7, 11) is 0. The minimum absolute atomic E-state index is 0.785. The summed E-state index contributed by atoms with van der Waals surface area (Å²) in [6, 6.07) is 4.34. The molecule has 0 aromatic heterocycles. The SMILES string of the molecule is Cc1ccc(NCCCCN)c(C)c1C. The molecule has 0 aliphatic rings. The molecule has 0 aliphatic carbocycles. The minimum Gasteiger partial charge on any atom is -0.385 e. The van der Waals surface area contributed by atoms with Crippen LogP contribution in [0.1, 0.15) is 29.5 Å². The predicted octanol–water partition coefficient (Wildman–Crippen LogP) is 2.76. The number of hydrogen-bond acceptors (Lipinski definition) is 2. The van der Waals surface area contributed by atoms with Crippen LogP contribution in [-0.4, -0.2) is 13.1 Å². The lowest BCUT2D eigenvalue weighted by Gasteiger charge is -2.13. The molecule has 0 heterocycles. The van der Waals surface area contributed by atoms with Gasteiger partial charge in [0.15, 0.2) is 0 Å². The monoisotopic (exact) mass is 206 g/mol. The van der Waals surface area contributed by atoms with Crippen LogP contribution in [0.15, 0.2) is 12.1 Å². The van der Waals surface area contributed by atoms with Gasteiger partial charge in [0.1, 0.15) is 0 Å². The van der Waals surface area contributed by atoms with Gasteiger partial charge in [0.2, 0.25) is 0 Å². The molecule has 1 rings (SSSR count). The second-order valence-corrected chi connectivity index (χ2v) is 4.10. The van der Waals surface area contributed by atoms with E-state index >= 15 is 0 Å². The molecule has 0 saturated carbocycles. The molecule has 0 aliphatic heterocycles. The minimum atomic E-state index is 0.785. The van der Waals surface area contributed by atoms with E-state index in [1.807, 2.05) is 0 Å². The molecule has 0 spiro atoms. The fourth-order valence-corrected chi connectivity index (χ4v) is 1.64. The van der Waals surface area contributed by atoms with E-state index in [4.69, 9.17) is 5.73 Å². The Balaban J connectivity index is 2.58. The molecular formula is C13H22N2. The molecule has 15 heavy (non-hydrogen) atoms. The van der Waals surface area contributed by atoms with Crippen molar-refractivity contribution in [3.05, 3.63) is 28.8 Å². The van der Waals surface area contributed by atoms with Crippen LogP contribution in [0.3, 0.4) is 0 Å². The number of benzene rings is 1. The van der Waals surface area contributed by atoms with E-state index in [9.17, 15) is 0 Å². The van der Waals surface area contributed by atoms with Crippen LogP contribution in [-0.2, 0) is 0 Å². The fourth-order valence-electron chi connectivity index (χ4n) is 1.64. The third-order valence-electron chi connectivity index (χ3n) is 3.00. The molecule has 0 radical (unpaired) electrons. The van der Waals surface area contributed by atoms with Crippen molar-refractivity contribution >= 4 is 5.69 Å². The van der Waals surface area contributed by atoms with Gasteiger partial charge in [-0.05, 0) is 62.9 Å². The largest absolute Gasteiger partial charge is 0.385 e. The van der Waals surface area contributed by atoms with Gasteiger partial charge in [-0.2, -0.15) is 0 Å². The molecule has 0 amide bonds. The maximum Gasteiger partial charge on any atom is 0.0372 e. The van der Waals surface area contributed by atoms with Crippen LogP contribution in [0.25, 0.3) is 0 Å². The molecular weight excluding hydrogens is 184 g/mol. The Hall–Kier alpha value is -1.02. The molecule has 2 nitrogen and oxygen atoms in total. The third-order valence-corrected chi connectivity index (χ3v) is 3.00. The van der Waals surface area contributed by atoms with E-state index < -0.39 is 0 Å². The Morgan fingerprint density at radius 2 is 1.80 bits per heavy atom. The lowest BCUT2D eigenvalue weighted by Crippen LogP contribution is -2.07. The molecule has 0 atom stereocenters. The van der Waals surface area contributed by atoms with Crippen molar-refractivity contribution in [2.45, 2.75) is 33.6 Å². The maximum atomic E-state index is 5.45. The Kier molecular flexibility index (Phi) is 4.63. The first-order chi connectivity index (χ1) is 7.16. The van der Waals surface area contributed by atoms with Crippen molar-refractivity contribution in [2.75, 3.05) is 18.4 Å². The summed E-state index contributed by atoms with van der Waals surface area (Å²) in [5.74, 6) is 0. The molecule has 1 aromatic rings. The first-order valence-electron chi connectivity index (χ1n) is 5.67. The van der Waals surface area contributed by atoms with E-state index in [-0.39, 0.29) is 0 Å². The van der Waals surface area contributed by atoms with Gasteiger partial charge in [0, 0.05) is 12.2 Å². The quantitative estimate of drug-likeness (QED) is 0.727. The maximum absolute atomic E-state index is 5.45. The zero-order valence-electron chi connectivity index (χ0n) is 10.1. The summed E-state index contributed by atoms with van der Waals surface area (Å²) < 4.78 is 0. The number of hydrogen-bond donors (Lipinski definition) is 2. The highest BCUT2D eigenvalue weighted by atomic mass is 14.9. The van der Waals surface area contributed by atoms with Crippen LogP contribution < -0.4 is 11.1 Å². The highest BCUT2D eigenvalue weighted by Gasteiger charge is 2.02. The average molecular weight is 206 g/mol. The first-order valence-corrected chi connectivity index (χ1v) is 5.67. The second kappa shape index (κ2) is 5.76. The summed E-state index contributed by atoms with van der Waals surface area (Å²) in [6.45, 7) is 8.30. The van der Waals surface area contributed by atoms with Crippen molar-refractivity contribution in [3.8, 4) is 0 Å². The topological polar surface area (TPSA) is 38.0 Å². The van der Waals surface area contributed by atoms with Crippen molar-refractivity contribution in [2.24, 2.45) is 5.73 Å². The predicted molar refractivity (Wildman–Crippen MR) is 67.4 cm³/mol. The molecule has 0 unspecified atom stereocenters. The van der Waals surface area contributed by atoms with E-state index in [2.05, 4.69) is 38.2 Å². The van der Waals surface area contributed by atoms with Crippen LogP contribution in [0.2, 0.25) is 0 Å². The average Bonchev–Trinajstić information content (AvgIpc) is 2.24. The second-order valence-electron chi connectivity index (χ2n) is 4.10. The van der Waals surface area contributed by atoms with E-state index in [0.29, 0.717) is 0 Å². The van der Waals surface area contributed by atoms with E-state index in [0.717, 1.165) is 25.9 Å². The Morgan fingerprint density at radius 3 is 2.47 bits per heavy atom. The summed E-state index contributed by atoms with van der Waals surface area (Å²) in [5.41, 5.74) is 10.8. The van der Waals surface area contributed by atoms with Gasteiger partial charge in [-0.1, -0.05) is 6.07 Å². The van der Waals surface area contributed by atoms with Crippen LogP contribution >= 0.6 is 0 Å². The van der Waals surface area contributed by atoms with Crippen LogP contribution in [0, 0.1) is 20.8 Å². The number of nitrogens with one attached hydrogen (secondary N) is 1. The molecule has 0 bridgehead atoms. The zero-order valence-corrected chi connectivity index (χ0v) is 10.1. The number of nitrogens with two attached hydrogens (primary N) is 1. The summed E-state index contributed by atoms with van der Waals surface area (Å²) in [6.07, 6.45) is 2.24. The van der Waals surface area contributed by atoms with Gasteiger partial charge >= 0.3 is 0 Å². The van der Waals surface area contributed by atoms with E-state index in [1.165, 1.54) is 22.4 Å². The van der Waals surface area contributed by atoms with Crippen molar-refractivity contribution in [1.82, 2.24) is 0 Å². The highest BCUT2D eigenvalue weighted by Crippen LogP contribution is 2.21. The Morgan fingerprint density at radius 1 is 1.07 bits per heavy atom. The van der Waals surface area contributed by atoms with Crippen LogP contribution in [0.4, 0.5) is 5.69 Å². The summed E-state index contributed by atoms with van der Waals surface area (Å²) in [4.78, 5) is 0. The third kappa shape index (κ3) is 3.24. The van der Waals surface area contributed by atoms with Gasteiger partial charge < -0.3 is 11.1 Å². The standard InChI is InChI=1S/C13H22N2/c1-10-6-7-13(12(3)11(10)2)15-9-5-4-8-14/h6-7,15H,4-5,8-9,14H2,1-3H3. The lowest BCUT2D eigenvalue weighted by molar-refractivity contribution is 0.774. The number of rotatable bonds is 5. The van der Waals surface area contributed by atoms with Crippen molar-refractivity contribution in [3.63, 3.8) is 0 Å². The zero-order chi connectivity index (χ0) is 11.3.